The molecule has 0 saturated heterocycles. The molecule has 0 aliphatic carbocycles. The summed E-state index contributed by atoms with van der Waals surface area (Å²) in [4.78, 5) is 5.25. The molecule has 0 spiro atoms. The molecule has 3 aromatic rings. The van der Waals surface area contributed by atoms with Crippen LogP contribution < -0.4 is 5.73 Å². The fourth-order valence-corrected chi connectivity index (χ4v) is 3.36. The number of rotatable bonds is 3. The smallest absolute Gasteiger partial charge is 0.248 e. The van der Waals surface area contributed by atoms with Crippen LogP contribution in [-0.2, 0) is 0 Å². The van der Waals surface area contributed by atoms with Gasteiger partial charge in [0.25, 0.3) is 0 Å². The van der Waals surface area contributed by atoms with Gasteiger partial charge in [-0.2, -0.15) is 4.98 Å². The van der Waals surface area contributed by atoms with Crippen molar-refractivity contribution in [2.24, 2.45) is 5.73 Å². The van der Waals surface area contributed by atoms with Crippen molar-refractivity contribution in [3.63, 3.8) is 0 Å². The zero-order valence-electron chi connectivity index (χ0n) is 10.1. The molecule has 0 fully saturated rings. The van der Waals surface area contributed by atoms with E-state index in [9.17, 15) is 0 Å². The van der Waals surface area contributed by atoms with E-state index < -0.39 is 6.04 Å². The molecule has 0 aliphatic rings. The fourth-order valence-electron chi connectivity index (χ4n) is 1.75. The highest BCUT2D eigenvalue weighted by molar-refractivity contribution is 9.10. The average Bonchev–Trinajstić information content (AvgIpc) is 3.07. The number of aromatic nitrogens is 2. The van der Waals surface area contributed by atoms with Crippen molar-refractivity contribution >= 4 is 38.9 Å². The topological polar surface area (TPSA) is 64.9 Å². The summed E-state index contributed by atoms with van der Waals surface area (Å²) in [5, 5.41) is 6.50. The predicted molar refractivity (Wildman–Crippen MR) is 82.8 cm³/mol. The molecule has 0 saturated carbocycles. The molecule has 1 aromatic carbocycles. The summed E-state index contributed by atoms with van der Waals surface area (Å²) in [5.41, 5.74) is 6.89. The van der Waals surface area contributed by atoms with Gasteiger partial charge in [-0.3, -0.25) is 0 Å². The second kappa shape index (κ2) is 5.65. The third-order valence-electron chi connectivity index (χ3n) is 2.74. The van der Waals surface area contributed by atoms with E-state index >= 15 is 0 Å². The molecule has 0 amide bonds. The zero-order chi connectivity index (χ0) is 14.1. The fraction of sp³-hybridized carbons (Fsp3) is 0.0769. The highest BCUT2D eigenvalue weighted by atomic mass is 79.9. The summed E-state index contributed by atoms with van der Waals surface area (Å²) < 4.78 is 6.23. The van der Waals surface area contributed by atoms with Crippen molar-refractivity contribution in [1.29, 1.82) is 0 Å². The predicted octanol–water partition coefficient (Wildman–Crippen LogP) is 4.26. The van der Waals surface area contributed by atoms with Gasteiger partial charge in [0.2, 0.25) is 11.7 Å². The number of benzene rings is 1. The van der Waals surface area contributed by atoms with Crippen LogP contribution in [0.3, 0.4) is 0 Å². The zero-order valence-corrected chi connectivity index (χ0v) is 13.2. The first-order valence-electron chi connectivity index (χ1n) is 5.73. The van der Waals surface area contributed by atoms with Crippen molar-refractivity contribution in [3.05, 3.63) is 56.7 Å². The molecule has 2 heterocycles. The van der Waals surface area contributed by atoms with E-state index in [1.165, 1.54) is 11.3 Å². The number of halogens is 2. The molecule has 2 N–H and O–H groups in total. The van der Waals surface area contributed by atoms with Gasteiger partial charge >= 0.3 is 0 Å². The molecule has 7 heteroatoms. The van der Waals surface area contributed by atoms with Crippen LogP contribution in [0.15, 0.2) is 44.7 Å². The Morgan fingerprint density at radius 2 is 2.15 bits per heavy atom. The van der Waals surface area contributed by atoms with Gasteiger partial charge in [-0.25, -0.2) is 0 Å². The quantitative estimate of drug-likeness (QED) is 0.748. The third kappa shape index (κ3) is 2.64. The Kier molecular flexibility index (Phi) is 3.89. The van der Waals surface area contributed by atoms with Gasteiger partial charge in [0.15, 0.2) is 0 Å². The number of hydrogen-bond donors (Lipinski definition) is 1. The first-order valence-corrected chi connectivity index (χ1v) is 7.78. The van der Waals surface area contributed by atoms with Crippen molar-refractivity contribution in [2.45, 2.75) is 6.04 Å². The standard InChI is InChI=1S/C13H9BrClN3OS/c14-7-5-10(20-6-7)12-17-13(19-18-12)11(16)8-3-1-2-4-9(8)15/h1-6,11H,16H2/t11-/m1/s1. The summed E-state index contributed by atoms with van der Waals surface area (Å²) in [6, 6.07) is 8.74. The van der Waals surface area contributed by atoms with Crippen LogP contribution in [0.1, 0.15) is 17.5 Å². The summed E-state index contributed by atoms with van der Waals surface area (Å²) in [7, 11) is 0. The van der Waals surface area contributed by atoms with E-state index in [-0.39, 0.29) is 0 Å². The number of nitrogens with zero attached hydrogens (tertiary/aromatic N) is 2. The first kappa shape index (κ1) is 13.8. The Bertz CT molecular complexity index is 743. The summed E-state index contributed by atoms with van der Waals surface area (Å²) in [5.74, 6) is 0.871. The van der Waals surface area contributed by atoms with Crippen molar-refractivity contribution < 1.29 is 4.52 Å². The second-order valence-corrected chi connectivity index (χ2v) is 6.32. The number of thiophene rings is 1. The number of nitrogens with two attached hydrogens (primary N) is 1. The minimum atomic E-state index is -0.534. The van der Waals surface area contributed by atoms with Gasteiger partial charge < -0.3 is 10.3 Å². The molecule has 1 atom stereocenters. The highest BCUT2D eigenvalue weighted by Gasteiger charge is 2.20. The van der Waals surface area contributed by atoms with Crippen LogP contribution in [0.4, 0.5) is 0 Å². The maximum absolute atomic E-state index is 6.13. The normalized spacial score (nSPS) is 12.6. The Labute approximate surface area is 132 Å². The second-order valence-electron chi connectivity index (χ2n) is 4.08. The van der Waals surface area contributed by atoms with Gasteiger partial charge in [-0.1, -0.05) is 35.0 Å². The lowest BCUT2D eigenvalue weighted by atomic mass is 10.1. The molecule has 0 aliphatic heterocycles. The van der Waals surface area contributed by atoms with Crippen LogP contribution in [0, 0.1) is 0 Å². The van der Waals surface area contributed by atoms with Gasteiger partial charge in [0.1, 0.15) is 6.04 Å². The summed E-state index contributed by atoms with van der Waals surface area (Å²) >= 11 is 11.0. The van der Waals surface area contributed by atoms with Gasteiger partial charge in [0.05, 0.1) is 4.88 Å². The van der Waals surface area contributed by atoms with Crippen LogP contribution in [0.25, 0.3) is 10.7 Å². The van der Waals surface area contributed by atoms with Crippen molar-refractivity contribution in [1.82, 2.24) is 10.1 Å². The molecular weight excluding hydrogens is 362 g/mol. The first-order chi connectivity index (χ1) is 9.65. The van der Waals surface area contributed by atoms with E-state index in [0.29, 0.717) is 16.7 Å². The summed E-state index contributed by atoms with van der Waals surface area (Å²) in [6.45, 7) is 0. The minimum Gasteiger partial charge on any atom is -0.337 e. The molecule has 4 nitrogen and oxygen atoms in total. The molecule has 0 bridgehead atoms. The van der Waals surface area contributed by atoms with E-state index in [2.05, 4.69) is 26.1 Å². The van der Waals surface area contributed by atoms with E-state index in [1.54, 1.807) is 6.07 Å². The van der Waals surface area contributed by atoms with Gasteiger partial charge in [0, 0.05) is 14.9 Å². The van der Waals surface area contributed by atoms with Crippen LogP contribution in [0.2, 0.25) is 5.02 Å². The monoisotopic (exact) mass is 369 g/mol. The van der Waals surface area contributed by atoms with Gasteiger partial charge in [-0.15, -0.1) is 11.3 Å². The van der Waals surface area contributed by atoms with E-state index in [0.717, 1.165) is 14.9 Å². The lowest BCUT2D eigenvalue weighted by Gasteiger charge is -2.08. The molecule has 102 valence electrons. The molecule has 0 unspecified atom stereocenters. The molecule has 20 heavy (non-hydrogen) atoms. The highest BCUT2D eigenvalue weighted by Crippen LogP contribution is 2.30. The minimum absolute atomic E-state index is 0.345. The molecule has 3 rings (SSSR count). The Hall–Kier alpha value is -1.21. The molecule has 0 radical (unpaired) electrons. The Balaban J connectivity index is 1.92. The maximum atomic E-state index is 6.13. The maximum Gasteiger partial charge on any atom is 0.248 e. The Morgan fingerprint density at radius 3 is 2.85 bits per heavy atom. The van der Waals surface area contributed by atoms with Gasteiger partial charge in [-0.05, 0) is 33.6 Å². The van der Waals surface area contributed by atoms with Crippen LogP contribution in [0.5, 0.6) is 0 Å². The molecular formula is C13H9BrClN3OS. The molecule has 2 aromatic heterocycles. The Morgan fingerprint density at radius 1 is 1.35 bits per heavy atom. The SMILES string of the molecule is N[C@@H](c1nc(-c2cc(Br)cs2)no1)c1ccccc1Cl. The van der Waals surface area contributed by atoms with Crippen molar-refractivity contribution in [3.8, 4) is 10.7 Å². The van der Waals surface area contributed by atoms with Crippen LogP contribution >= 0.6 is 38.9 Å². The third-order valence-corrected chi connectivity index (χ3v) is 4.77. The lowest BCUT2D eigenvalue weighted by Crippen LogP contribution is -2.12. The summed E-state index contributed by atoms with van der Waals surface area (Å²) in [6.07, 6.45) is 0. The van der Waals surface area contributed by atoms with E-state index in [4.69, 9.17) is 21.9 Å². The number of hydrogen-bond acceptors (Lipinski definition) is 5. The van der Waals surface area contributed by atoms with E-state index in [1.807, 2.05) is 29.6 Å². The van der Waals surface area contributed by atoms with Crippen molar-refractivity contribution in [2.75, 3.05) is 0 Å². The average molecular weight is 371 g/mol. The van der Waals surface area contributed by atoms with Crippen LogP contribution in [-0.4, -0.2) is 10.1 Å². The largest absolute Gasteiger partial charge is 0.337 e. The lowest BCUT2D eigenvalue weighted by molar-refractivity contribution is 0.367.